The van der Waals surface area contributed by atoms with Crippen molar-refractivity contribution in [1.82, 2.24) is 0 Å². The Hall–Kier alpha value is -0.530. The van der Waals surface area contributed by atoms with Crippen molar-refractivity contribution < 1.29 is 9.53 Å². The van der Waals surface area contributed by atoms with Gasteiger partial charge in [0.1, 0.15) is 0 Å². The van der Waals surface area contributed by atoms with Crippen LogP contribution >= 0.6 is 0 Å². The Morgan fingerprint density at radius 1 is 0.867 bits per heavy atom. The van der Waals surface area contributed by atoms with Gasteiger partial charge < -0.3 is 4.74 Å². The SMILES string of the molecule is CCCCCCCCCC.COC(C)=O. The minimum atomic E-state index is -0.245. The van der Waals surface area contributed by atoms with Crippen LogP contribution in [0.1, 0.15) is 72.1 Å². The number of methoxy groups -OCH3 is 1. The fourth-order valence-corrected chi connectivity index (χ4v) is 1.21. The number of rotatable bonds is 7. The number of esters is 1. The zero-order chi connectivity index (χ0) is 11.9. The number of hydrogen-bond donors (Lipinski definition) is 0. The molecule has 0 N–H and O–H groups in total. The molecule has 0 rings (SSSR count). The fraction of sp³-hybridized carbons (Fsp3) is 0.923. The van der Waals surface area contributed by atoms with Crippen LogP contribution in [0.15, 0.2) is 0 Å². The van der Waals surface area contributed by atoms with E-state index in [4.69, 9.17) is 0 Å². The third kappa shape index (κ3) is 24.7. The summed E-state index contributed by atoms with van der Waals surface area (Å²) in [5.74, 6) is -0.245. The van der Waals surface area contributed by atoms with Crippen molar-refractivity contribution in [2.45, 2.75) is 72.1 Å². The van der Waals surface area contributed by atoms with Crippen LogP contribution in [-0.2, 0) is 9.53 Å². The van der Waals surface area contributed by atoms with Crippen LogP contribution in [-0.4, -0.2) is 13.1 Å². The standard InChI is InChI=1S/C10H22.C3H6O2/c1-3-5-7-9-10-8-6-4-2;1-3(4)5-2/h3-10H2,1-2H3;1-2H3. The second kappa shape index (κ2) is 15.9. The van der Waals surface area contributed by atoms with Crippen LogP contribution < -0.4 is 0 Å². The van der Waals surface area contributed by atoms with E-state index in [-0.39, 0.29) is 5.97 Å². The zero-order valence-corrected chi connectivity index (χ0v) is 11.0. The Morgan fingerprint density at radius 2 is 1.13 bits per heavy atom. The van der Waals surface area contributed by atoms with Gasteiger partial charge in [0.2, 0.25) is 0 Å². The first-order chi connectivity index (χ1) is 7.18. The van der Waals surface area contributed by atoms with Gasteiger partial charge in [-0.3, -0.25) is 4.79 Å². The van der Waals surface area contributed by atoms with E-state index in [9.17, 15) is 4.79 Å². The Kier molecular flexibility index (Phi) is 17.9. The predicted octanol–water partition coefficient (Wildman–Crippen LogP) is 4.33. The predicted molar refractivity (Wildman–Crippen MR) is 66.0 cm³/mol. The largest absolute Gasteiger partial charge is 0.469 e. The maximum Gasteiger partial charge on any atom is 0.302 e. The molecule has 15 heavy (non-hydrogen) atoms. The molecule has 0 saturated heterocycles. The monoisotopic (exact) mass is 216 g/mol. The summed E-state index contributed by atoms with van der Waals surface area (Å²) in [7, 11) is 1.35. The zero-order valence-electron chi connectivity index (χ0n) is 11.0. The maximum absolute atomic E-state index is 9.59. The normalized spacial score (nSPS) is 9.07. The minimum absolute atomic E-state index is 0.245. The lowest BCUT2D eigenvalue weighted by molar-refractivity contribution is -0.137. The van der Waals surface area contributed by atoms with Crippen LogP contribution in [0.2, 0.25) is 0 Å². The summed E-state index contributed by atoms with van der Waals surface area (Å²) < 4.78 is 4.11. The lowest BCUT2D eigenvalue weighted by Gasteiger charge is -1.97. The van der Waals surface area contributed by atoms with E-state index in [1.165, 1.54) is 65.4 Å². The summed E-state index contributed by atoms with van der Waals surface area (Å²) in [6, 6.07) is 0. The first kappa shape index (κ1) is 16.9. The number of ether oxygens (including phenoxy) is 1. The molecule has 0 aliphatic carbocycles. The third-order valence-corrected chi connectivity index (χ3v) is 2.24. The Bertz CT molecular complexity index is 114. The topological polar surface area (TPSA) is 26.3 Å². The van der Waals surface area contributed by atoms with Gasteiger partial charge in [0.15, 0.2) is 0 Å². The van der Waals surface area contributed by atoms with Crippen LogP contribution in [0.4, 0.5) is 0 Å². The average molecular weight is 216 g/mol. The molecule has 2 nitrogen and oxygen atoms in total. The van der Waals surface area contributed by atoms with Gasteiger partial charge in [-0.25, -0.2) is 0 Å². The van der Waals surface area contributed by atoms with E-state index in [1.807, 2.05) is 0 Å². The second-order valence-corrected chi connectivity index (χ2v) is 3.82. The molecule has 0 aromatic carbocycles. The molecule has 92 valence electrons. The molecule has 0 aliphatic heterocycles. The van der Waals surface area contributed by atoms with Gasteiger partial charge in [0.25, 0.3) is 0 Å². The van der Waals surface area contributed by atoms with Gasteiger partial charge in [-0.15, -0.1) is 0 Å². The minimum Gasteiger partial charge on any atom is -0.469 e. The van der Waals surface area contributed by atoms with Crippen LogP contribution in [0.5, 0.6) is 0 Å². The van der Waals surface area contributed by atoms with E-state index >= 15 is 0 Å². The van der Waals surface area contributed by atoms with Crippen LogP contribution in [0.25, 0.3) is 0 Å². The summed E-state index contributed by atoms with van der Waals surface area (Å²) in [6.45, 7) is 5.90. The summed E-state index contributed by atoms with van der Waals surface area (Å²) >= 11 is 0. The molecule has 0 saturated carbocycles. The molecule has 0 aromatic rings. The Morgan fingerprint density at radius 3 is 1.33 bits per heavy atom. The number of carbonyl (C=O) groups excluding carboxylic acids is 1. The molecular weight excluding hydrogens is 188 g/mol. The number of hydrogen-bond acceptors (Lipinski definition) is 2. The third-order valence-electron chi connectivity index (χ3n) is 2.24. The molecule has 0 unspecified atom stereocenters. The molecule has 0 atom stereocenters. The van der Waals surface area contributed by atoms with E-state index in [1.54, 1.807) is 0 Å². The van der Waals surface area contributed by atoms with Gasteiger partial charge in [-0.05, 0) is 0 Å². The Balaban J connectivity index is 0. The molecule has 0 aliphatic rings. The van der Waals surface area contributed by atoms with Crippen molar-refractivity contribution in [2.75, 3.05) is 7.11 Å². The quantitative estimate of drug-likeness (QED) is 0.468. The van der Waals surface area contributed by atoms with E-state index in [2.05, 4.69) is 18.6 Å². The van der Waals surface area contributed by atoms with Crippen molar-refractivity contribution in [3.8, 4) is 0 Å². The van der Waals surface area contributed by atoms with Crippen molar-refractivity contribution in [2.24, 2.45) is 0 Å². The summed E-state index contributed by atoms with van der Waals surface area (Å²) in [6.07, 6.45) is 11.5. The van der Waals surface area contributed by atoms with Crippen molar-refractivity contribution in [3.63, 3.8) is 0 Å². The summed E-state index contributed by atoms with van der Waals surface area (Å²) in [5, 5.41) is 0. The lowest BCUT2D eigenvalue weighted by atomic mass is 10.1. The molecule has 0 heterocycles. The highest BCUT2D eigenvalue weighted by atomic mass is 16.5. The highest BCUT2D eigenvalue weighted by molar-refractivity contribution is 5.65. The molecule has 0 bridgehead atoms. The molecule has 0 radical (unpaired) electrons. The summed E-state index contributed by atoms with van der Waals surface area (Å²) in [4.78, 5) is 9.59. The van der Waals surface area contributed by atoms with E-state index in [0.29, 0.717) is 0 Å². The van der Waals surface area contributed by atoms with Gasteiger partial charge in [0, 0.05) is 6.92 Å². The van der Waals surface area contributed by atoms with Gasteiger partial charge in [-0.1, -0.05) is 65.2 Å². The molecular formula is C13H28O2. The van der Waals surface area contributed by atoms with Crippen LogP contribution in [0.3, 0.4) is 0 Å². The fourth-order valence-electron chi connectivity index (χ4n) is 1.21. The van der Waals surface area contributed by atoms with Crippen molar-refractivity contribution in [1.29, 1.82) is 0 Å². The van der Waals surface area contributed by atoms with Gasteiger partial charge >= 0.3 is 5.97 Å². The first-order valence-electron chi connectivity index (χ1n) is 6.23. The molecule has 0 spiro atoms. The molecule has 0 aromatic heterocycles. The number of carbonyl (C=O) groups is 1. The highest BCUT2D eigenvalue weighted by Gasteiger charge is 1.87. The van der Waals surface area contributed by atoms with Crippen molar-refractivity contribution >= 4 is 5.97 Å². The molecule has 0 amide bonds. The lowest BCUT2D eigenvalue weighted by Crippen LogP contribution is -1.88. The van der Waals surface area contributed by atoms with Crippen LogP contribution in [0, 0.1) is 0 Å². The smallest absolute Gasteiger partial charge is 0.302 e. The maximum atomic E-state index is 9.59. The van der Waals surface area contributed by atoms with E-state index < -0.39 is 0 Å². The summed E-state index contributed by atoms with van der Waals surface area (Å²) in [5.41, 5.74) is 0. The average Bonchev–Trinajstić information content (AvgIpc) is 2.24. The molecule has 2 heteroatoms. The van der Waals surface area contributed by atoms with E-state index in [0.717, 1.165) is 0 Å². The Labute approximate surface area is 95.4 Å². The van der Waals surface area contributed by atoms with Gasteiger partial charge in [-0.2, -0.15) is 0 Å². The van der Waals surface area contributed by atoms with Gasteiger partial charge in [0.05, 0.1) is 7.11 Å². The van der Waals surface area contributed by atoms with Crippen molar-refractivity contribution in [3.05, 3.63) is 0 Å². The molecule has 0 fully saturated rings. The first-order valence-corrected chi connectivity index (χ1v) is 6.23. The highest BCUT2D eigenvalue weighted by Crippen LogP contribution is 2.07. The second-order valence-electron chi connectivity index (χ2n) is 3.82. The number of unbranched alkanes of at least 4 members (excludes halogenated alkanes) is 7.